The Morgan fingerprint density at radius 3 is 2.62 bits per heavy atom. The van der Waals surface area contributed by atoms with Crippen LogP contribution in [0.1, 0.15) is 12.5 Å². The van der Waals surface area contributed by atoms with Gasteiger partial charge in [0.1, 0.15) is 16.7 Å². The first-order valence-corrected chi connectivity index (χ1v) is 8.99. The van der Waals surface area contributed by atoms with E-state index in [1.165, 1.54) is 11.3 Å². The van der Waals surface area contributed by atoms with Gasteiger partial charge in [-0.15, -0.1) is 0 Å². The molecule has 0 atom stereocenters. The van der Waals surface area contributed by atoms with E-state index in [2.05, 4.69) is 77.1 Å². The Hall–Kier alpha value is -2.15. The van der Waals surface area contributed by atoms with Gasteiger partial charge in [0.15, 0.2) is 5.65 Å². The number of rotatable bonds is 3. The van der Waals surface area contributed by atoms with Crippen LogP contribution in [0.15, 0.2) is 35.2 Å². The van der Waals surface area contributed by atoms with E-state index in [9.17, 15) is 0 Å². The molecule has 0 aliphatic carbocycles. The predicted molar refractivity (Wildman–Crippen MR) is 99.6 cm³/mol. The second-order valence-electron chi connectivity index (χ2n) is 5.89. The normalized spacial score (nSPS) is 15.2. The molecule has 7 heteroatoms. The van der Waals surface area contributed by atoms with Crippen LogP contribution in [-0.4, -0.2) is 46.3 Å². The van der Waals surface area contributed by atoms with E-state index < -0.39 is 0 Å². The number of hydrogen-bond donors (Lipinski definition) is 1. The number of fused-ring (bicyclic) bond motifs is 1. The van der Waals surface area contributed by atoms with Gasteiger partial charge < -0.3 is 9.80 Å². The van der Waals surface area contributed by atoms with Crippen molar-refractivity contribution in [3.8, 4) is 0 Å². The Morgan fingerprint density at radius 2 is 1.83 bits per heavy atom. The third kappa shape index (κ3) is 2.62. The van der Waals surface area contributed by atoms with Crippen molar-refractivity contribution < 1.29 is 0 Å². The van der Waals surface area contributed by atoms with Gasteiger partial charge in [0.2, 0.25) is 0 Å². The average molecular weight is 387 g/mol. The molecule has 124 valence electrons. The second-order valence-corrected chi connectivity index (χ2v) is 6.64. The highest BCUT2D eigenvalue weighted by Crippen LogP contribution is 2.30. The van der Waals surface area contributed by atoms with E-state index in [0.29, 0.717) is 0 Å². The molecular formula is C17H19BrN6. The average Bonchev–Trinajstić information content (AvgIpc) is 3.03. The molecule has 1 fully saturated rings. The minimum atomic E-state index is 0.769. The summed E-state index contributed by atoms with van der Waals surface area (Å²) >= 11 is 3.49. The zero-order valence-electron chi connectivity index (χ0n) is 13.5. The molecule has 0 amide bonds. The van der Waals surface area contributed by atoms with Gasteiger partial charge in [-0.05, 0) is 34.0 Å². The molecule has 24 heavy (non-hydrogen) atoms. The number of anilines is 2. The summed E-state index contributed by atoms with van der Waals surface area (Å²) in [5, 5.41) is 8.08. The number of aromatic nitrogens is 4. The van der Waals surface area contributed by atoms with E-state index in [-0.39, 0.29) is 0 Å². The fourth-order valence-electron chi connectivity index (χ4n) is 3.33. The number of aromatic amines is 1. The fourth-order valence-corrected chi connectivity index (χ4v) is 3.78. The Balaban J connectivity index is 1.57. The van der Waals surface area contributed by atoms with Crippen molar-refractivity contribution in [3.63, 3.8) is 0 Å². The Kier molecular flexibility index (Phi) is 4.10. The zero-order valence-corrected chi connectivity index (χ0v) is 15.1. The van der Waals surface area contributed by atoms with Gasteiger partial charge >= 0.3 is 0 Å². The number of para-hydroxylation sites is 1. The minimum Gasteiger partial charge on any atom is -0.368 e. The molecule has 0 spiro atoms. The molecule has 1 saturated heterocycles. The lowest BCUT2D eigenvalue weighted by atomic mass is 10.1. The van der Waals surface area contributed by atoms with Crippen molar-refractivity contribution in [2.24, 2.45) is 0 Å². The van der Waals surface area contributed by atoms with E-state index in [1.54, 1.807) is 6.33 Å². The molecule has 0 unspecified atom stereocenters. The van der Waals surface area contributed by atoms with Crippen molar-refractivity contribution in [2.75, 3.05) is 36.0 Å². The molecule has 6 nitrogen and oxygen atoms in total. The number of halogens is 1. The molecule has 4 rings (SSSR count). The molecule has 3 aromatic rings. The number of nitrogens with one attached hydrogen (secondary N) is 1. The van der Waals surface area contributed by atoms with Gasteiger partial charge in [-0.25, -0.2) is 9.97 Å². The Labute approximate surface area is 149 Å². The van der Waals surface area contributed by atoms with Crippen LogP contribution >= 0.6 is 15.9 Å². The lowest BCUT2D eigenvalue weighted by Gasteiger charge is -2.37. The first-order chi connectivity index (χ1) is 11.8. The maximum atomic E-state index is 4.50. The van der Waals surface area contributed by atoms with Crippen LogP contribution in [-0.2, 0) is 6.42 Å². The summed E-state index contributed by atoms with van der Waals surface area (Å²) in [7, 11) is 0. The van der Waals surface area contributed by atoms with Crippen molar-refractivity contribution in [2.45, 2.75) is 13.3 Å². The molecule has 2 aromatic heterocycles. The monoisotopic (exact) mass is 386 g/mol. The number of hydrogen-bond acceptors (Lipinski definition) is 5. The standard InChI is InChI=1S/C17H19BrN6/c1-2-12-5-3-4-6-13(12)23-7-9-24(10-8-23)17-14-15(18)21-22-16(14)19-11-20-17/h3-6,11H,2,7-10H2,1H3,(H,19,20,21,22). The van der Waals surface area contributed by atoms with Crippen LogP contribution in [0, 0.1) is 0 Å². The van der Waals surface area contributed by atoms with Gasteiger partial charge in [-0.3, -0.25) is 5.10 Å². The highest BCUT2D eigenvalue weighted by Gasteiger charge is 2.22. The number of nitrogens with zero attached hydrogens (tertiary/aromatic N) is 5. The SMILES string of the molecule is CCc1ccccc1N1CCN(c2ncnc3[nH]nc(Br)c23)CC1. The molecule has 0 bridgehead atoms. The zero-order chi connectivity index (χ0) is 16.5. The molecule has 0 radical (unpaired) electrons. The van der Waals surface area contributed by atoms with Crippen molar-refractivity contribution in [1.29, 1.82) is 0 Å². The van der Waals surface area contributed by atoms with Crippen LogP contribution in [0.25, 0.3) is 11.0 Å². The first kappa shape index (κ1) is 15.4. The van der Waals surface area contributed by atoms with Gasteiger partial charge in [0, 0.05) is 31.9 Å². The topological polar surface area (TPSA) is 60.9 Å². The third-order valence-corrected chi connectivity index (χ3v) is 5.16. The molecule has 1 aromatic carbocycles. The van der Waals surface area contributed by atoms with Crippen LogP contribution in [0.4, 0.5) is 11.5 Å². The number of H-pyrrole nitrogens is 1. The maximum absolute atomic E-state index is 4.50. The molecule has 1 aliphatic rings. The summed E-state index contributed by atoms with van der Waals surface area (Å²) < 4.78 is 0.770. The van der Waals surface area contributed by atoms with Gasteiger partial charge in [-0.1, -0.05) is 25.1 Å². The van der Waals surface area contributed by atoms with Crippen molar-refractivity contribution in [1.82, 2.24) is 20.2 Å². The number of piperazine rings is 1. The highest BCUT2D eigenvalue weighted by molar-refractivity contribution is 9.10. The van der Waals surface area contributed by atoms with Crippen LogP contribution < -0.4 is 9.80 Å². The lowest BCUT2D eigenvalue weighted by molar-refractivity contribution is 0.647. The molecule has 1 N–H and O–H groups in total. The summed E-state index contributed by atoms with van der Waals surface area (Å²) in [6.07, 6.45) is 2.66. The highest BCUT2D eigenvalue weighted by atomic mass is 79.9. The third-order valence-electron chi connectivity index (χ3n) is 4.59. The van der Waals surface area contributed by atoms with E-state index in [0.717, 1.165) is 54.1 Å². The molecular weight excluding hydrogens is 368 g/mol. The van der Waals surface area contributed by atoms with Crippen LogP contribution in [0.2, 0.25) is 0 Å². The van der Waals surface area contributed by atoms with Crippen LogP contribution in [0.5, 0.6) is 0 Å². The lowest BCUT2D eigenvalue weighted by Crippen LogP contribution is -2.47. The first-order valence-electron chi connectivity index (χ1n) is 8.20. The summed E-state index contributed by atoms with van der Waals surface area (Å²) in [4.78, 5) is 13.5. The summed E-state index contributed by atoms with van der Waals surface area (Å²) in [5.41, 5.74) is 3.54. The second kappa shape index (κ2) is 6.39. The molecule has 0 saturated carbocycles. The van der Waals surface area contributed by atoms with E-state index >= 15 is 0 Å². The van der Waals surface area contributed by atoms with E-state index in [4.69, 9.17) is 0 Å². The van der Waals surface area contributed by atoms with Gasteiger partial charge in [0.25, 0.3) is 0 Å². The fraction of sp³-hybridized carbons (Fsp3) is 0.353. The van der Waals surface area contributed by atoms with Gasteiger partial charge in [0.05, 0.1) is 5.39 Å². The molecule has 1 aliphatic heterocycles. The minimum absolute atomic E-state index is 0.769. The van der Waals surface area contributed by atoms with Gasteiger partial charge in [-0.2, -0.15) is 5.10 Å². The van der Waals surface area contributed by atoms with Crippen molar-refractivity contribution >= 4 is 38.5 Å². The smallest absolute Gasteiger partial charge is 0.161 e. The Morgan fingerprint density at radius 1 is 1.08 bits per heavy atom. The summed E-state index contributed by atoms with van der Waals surface area (Å²) in [6, 6.07) is 8.69. The summed E-state index contributed by atoms with van der Waals surface area (Å²) in [5.74, 6) is 0.948. The number of benzene rings is 1. The number of aryl methyl sites for hydroxylation is 1. The maximum Gasteiger partial charge on any atom is 0.161 e. The van der Waals surface area contributed by atoms with E-state index in [1.807, 2.05) is 0 Å². The van der Waals surface area contributed by atoms with Crippen molar-refractivity contribution in [3.05, 3.63) is 40.8 Å². The predicted octanol–water partition coefficient (Wildman–Crippen LogP) is 3.00. The Bertz CT molecular complexity index is 853. The van der Waals surface area contributed by atoms with Crippen LogP contribution in [0.3, 0.4) is 0 Å². The summed E-state index contributed by atoms with van der Waals surface area (Å²) in [6.45, 7) is 6.04. The quantitative estimate of drug-likeness (QED) is 0.749. The largest absolute Gasteiger partial charge is 0.368 e. The molecule has 3 heterocycles.